The first-order chi connectivity index (χ1) is 13.4. The van der Waals surface area contributed by atoms with E-state index in [4.69, 9.17) is 16.3 Å². The van der Waals surface area contributed by atoms with E-state index in [9.17, 15) is 18.0 Å². The summed E-state index contributed by atoms with van der Waals surface area (Å²) < 4.78 is 31.6. The van der Waals surface area contributed by atoms with E-state index in [2.05, 4.69) is 10.3 Å². The van der Waals surface area contributed by atoms with Gasteiger partial charge in [0, 0.05) is 19.3 Å². The van der Waals surface area contributed by atoms with Crippen LogP contribution in [0.5, 0.6) is 0 Å². The lowest BCUT2D eigenvalue weighted by Gasteiger charge is -2.15. The normalized spacial score (nSPS) is 14.6. The van der Waals surface area contributed by atoms with Gasteiger partial charge in [-0.3, -0.25) is 4.79 Å². The van der Waals surface area contributed by atoms with Crippen LogP contribution < -0.4 is 5.32 Å². The zero-order valence-corrected chi connectivity index (χ0v) is 16.4. The fraction of sp³-hybridized carbons (Fsp3) is 0.278. The summed E-state index contributed by atoms with van der Waals surface area (Å²) in [6.07, 6.45) is 3.11. The van der Waals surface area contributed by atoms with Crippen molar-refractivity contribution in [2.24, 2.45) is 0 Å². The van der Waals surface area contributed by atoms with Gasteiger partial charge < -0.3 is 10.1 Å². The fourth-order valence-corrected chi connectivity index (χ4v) is 4.47. The predicted octanol–water partition coefficient (Wildman–Crippen LogP) is 2.32. The van der Waals surface area contributed by atoms with Gasteiger partial charge in [-0.1, -0.05) is 17.7 Å². The molecule has 10 heteroatoms. The number of hydrogen-bond donors (Lipinski definition) is 1. The minimum absolute atomic E-state index is 0.0236. The van der Waals surface area contributed by atoms with Crippen molar-refractivity contribution < 1.29 is 22.7 Å². The number of rotatable bonds is 6. The number of halogens is 1. The van der Waals surface area contributed by atoms with E-state index in [1.165, 1.54) is 34.8 Å². The van der Waals surface area contributed by atoms with Crippen molar-refractivity contribution in [1.29, 1.82) is 0 Å². The van der Waals surface area contributed by atoms with Crippen LogP contribution in [0.2, 0.25) is 5.15 Å². The monoisotopic (exact) mass is 423 g/mol. The molecule has 1 aromatic carbocycles. The highest BCUT2D eigenvalue weighted by molar-refractivity contribution is 7.89. The van der Waals surface area contributed by atoms with E-state index in [0.717, 1.165) is 12.8 Å². The molecular weight excluding hydrogens is 406 g/mol. The number of hydrogen-bond acceptors (Lipinski definition) is 6. The Labute approximate surface area is 167 Å². The molecule has 0 spiro atoms. The van der Waals surface area contributed by atoms with Crippen molar-refractivity contribution in [3.8, 4) is 0 Å². The van der Waals surface area contributed by atoms with Gasteiger partial charge >= 0.3 is 5.97 Å². The van der Waals surface area contributed by atoms with Crippen LogP contribution in [-0.4, -0.2) is 49.3 Å². The zero-order chi connectivity index (χ0) is 20.1. The van der Waals surface area contributed by atoms with Gasteiger partial charge in [-0.15, -0.1) is 0 Å². The highest BCUT2D eigenvalue weighted by atomic mass is 35.5. The van der Waals surface area contributed by atoms with Crippen LogP contribution in [0.4, 0.5) is 5.69 Å². The Morgan fingerprint density at radius 3 is 2.64 bits per heavy atom. The Morgan fingerprint density at radius 2 is 1.93 bits per heavy atom. The number of ether oxygens (including phenoxy) is 1. The number of esters is 1. The van der Waals surface area contributed by atoms with Crippen LogP contribution in [0.3, 0.4) is 0 Å². The summed E-state index contributed by atoms with van der Waals surface area (Å²) in [7, 11) is -3.65. The summed E-state index contributed by atoms with van der Waals surface area (Å²) in [4.78, 5) is 28.0. The third-order valence-corrected chi connectivity index (χ3v) is 6.34. The minimum Gasteiger partial charge on any atom is -0.452 e. The summed E-state index contributed by atoms with van der Waals surface area (Å²) >= 11 is 5.85. The van der Waals surface area contributed by atoms with Gasteiger partial charge in [-0.25, -0.2) is 18.2 Å². The first-order valence-electron chi connectivity index (χ1n) is 8.55. The summed E-state index contributed by atoms with van der Waals surface area (Å²) in [5.41, 5.74) is 0.344. The number of carbonyl (C=O) groups excluding carboxylic acids is 2. The molecule has 0 aliphatic carbocycles. The van der Waals surface area contributed by atoms with Crippen LogP contribution in [0.1, 0.15) is 23.2 Å². The summed E-state index contributed by atoms with van der Waals surface area (Å²) in [6, 6.07) is 8.74. The molecule has 148 valence electrons. The van der Waals surface area contributed by atoms with Gasteiger partial charge in [0.1, 0.15) is 0 Å². The number of nitrogens with zero attached hydrogens (tertiary/aromatic N) is 2. The van der Waals surface area contributed by atoms with Crippen molar-refractivity contribution in [2.45, 2.75) is 17.7 Å². The molecule has 0 unspecified atom stereocenters. The third kappa shape index (κ3) is 4.67. The van der Waals surface area contributed by atoms with E-state index in [1.54, 1.807) is 12.1 Å². The lowest BCUT2D eigenvalue weighted by molar-refractivity contribution is -0.119. The number of sulfonamides is 1. The molecular formula is C18H18ClN3O5S. The maximum Gasteiger partial charge on any atom is 0.338 e. The first kappa shape index (κ1) is 20.2. The molecule has 1 N–H and O–H groups in total. The molecule has 8 nitrogen and oxygen atoms in total. The maximum absolute atomic E-state index is 12.6. The third-order valence-electron chi connectivity index (χ3n) is 4.14. The molecule has 0 atom stereocenters. The minimum atomic E-state index is -3.65. The quantitative estimate of drug-likeness (QED) is 0.564. The largest absolute Gasteiger partial charge is 0.452 e. The average Bonchev–Trinajstić information content (AvgIpc) is 3.24. The van der Waals surface area contributed by atoms with E-state index >= 15 is 0 Å². The van der Waals surface area contributed by atoms with Gasteiger partial charge in [0.2, 0.25) is 10.0 Å². The van der Waals surface area contributed by atoms with Crippen molar-refractivity contribution in [3.63, 3.8) is 0 Å². The number of amides is 1. The topological polar surface area (TPSA) is 106 Å². The van der Waals surface area contributed by atoms with Gasteiger partial charge in [0.15, 0.2) is 11.8 Å². The molecule has 1 aromatic heterocycles. The Hall–Kier alpha value is -2.49. The van der Waals surface area contributed by atoms with E-state index < -0.39 is 28.5 Å². The number of pyridine rings is 1. The molecule has 1 aliphatic heterocycles. The SMILES string of the molecule is O=C(COC(=O)c1cccc(S(=O)(=O)N2CCCC2)c1)Nc1cccnc1Cl. The second kappa shape index (κ2) is 8.68. The van der Waals surface area contributed by atoms with E-state index in [1.807, 2.05) is 0 Å². The zero-order valence-electron chi connectivity index (χ0n) is 14.8. The van der Waals surface area contributed by atoms with Gasteiger partial charge in [0.25, 0.3) is 5.91 Å². The molecule has 28 heavy (non-hydrogen) atoms. The molecule has 1 amide bonds. The molecule has 0 saturated carbocycles. The second-order valence-corrected chi connectivity index (χ2v) is 8.40. The number of anilines is 1. The lowest BCUT2D eigenvalue weighted by atomic mass is 10.2. The predicted molar refractivity (Wildman–Crippen MR) is 103 cm³/mol. The number of nitrogens with one attached hydrogen (secondary N) is 1. The molecule has 3 rings (SSSR count). The van der Waals surface area contributed by atoms with Gasteiger partial charge in [-0.2, -0.15) is 4.31 Å². The molecule has 1 aliphatic rings. The Morgan fingerprint density at radius 1 is 1.18 bits per heavy atom. The summed E-state index contributed by atoms with van der Waals surface area (Å²) in [5.74, 6) is -1.39. The Bertz CT molecular complexity index is 990. The first-order valence-corrected chi connectivity index (χ1v) is 10.4. The highest BCUT2D eigenvalue weighted by Crippen LogP contribution is 2.22. The average molecular weight is 424 g/mol. The molecule has 1 saturated heterocycles. The number of benzene rings is 1. The molecule has 2 aromatic rings. The van der Waals surface area contributed by atoms with Gasteiger partial charge in [-0.05, 0) is 43.2 Å². The summed E-state index contributed by atoms with van der Waals surface area (Å²) in [5, 5.41) is 2.59. The Balaban J connectivity index is 1.63. The second-order valence-electron chi connectivity index (χ2n) is 6.11. The maximum atomic E-state index is 12.6. The number of carbonyl (C=O) groups is 2. The molecule has 2 heterocycles. The van der Waals surface area contributed by atoms with Crippen LogP contribution in [0, 0.1) is 0 Å². The van der Waals surface area contributed by atoms with Crippen LogP contribution in [0.25, 0.3) is 0 Å². The smallest absolute Gasteiger partial charge is 0.338 e. The molecule has 0 bridgehead atoms. The van der Waals surface area contributed by atoms with E-state index in [-0.39, 0.29) is 15.6 Å². The standard InChI is InChI=1S/C18H18ClN3O5S/c19-17-15(7-4-8-20-17)21-16(23)12-27-18(24)13-5-3-6-14(11-13)28(25,26)22-9-1-2-10-22/h3-8,11H,1-2,9-10,12H2,(H,21,23). The van der Waals surface area contributed by atoms with E-state index in [0.29, 0.717) is 18.8 Å². The summed E-state index contributed by atoms with van der Waals surface area (Å²) in [6.45, 7) is 0.384. The fourth-order valence-electron chi connectivity index (χ4n) is 2.74. The highest BCUT2D eigenvalue weighted by Gasteiger charge is 2.27. The molecule has 0 radical (unpaired) electrons. The number of aromatic nitrogens is 1. The lowest BCUT2D eigenvalue weighted by Crippen LogP contribution is -2.28. The van der Waals surface area contributed by atoms with Crippen molar-refractivity contribution in [3.05, 3.63) is 53.3 Å². The van der Waals surface area contributed by atoms with Crippen LogP contribution in [0.15, 0.2) is 47.5 Å². The van der Waals surface area contributed by atoms with Crippen LogP contribution in [-0.2, 0) is 19.6 Å². The van der Waals surface area contributed by atoms with Crippen LogP contribution >= 0.6 is 11.6 Å². The molecule has 1 fully saturated rings. The van der Waals surface area contributed by atoms with Crippen molar-refractivity contribution in [1.82, 2.24) is 9.29 Å². The Kier molecular flexibility index (Phi) is 6.28. The van der Waals surface area contributed by atoms with Gasteiger partial charge in [0.05, 0.1) is 16.1 Å². The van der Waals surface area contributed by atoms with Crippen molar-refractivity contribution >= 4 is 39.2 Å². The van der Waals surface area contributed by atoms with Crippen molar-refractivity contribution in [2.75, 3.05) is 25.0 Å².